The van der Waals surface area contributed by atoms with Gasteiger partial charge in [-0.3, -0.25) is 14.7 Å². The summed E-state index contributed by atoms with van der Waals surface area (Å²) in [6.45, 7) is 4.39. The van der Waals surface area contributed by atoms with E-state index in [1.807, 2.05) is 19.9 Å². The minimum atomic E-state index is -0.418. The maximum atomic E-state index is 12.8. The van der Waals surface area contributed by atoms with E-state index in [1.165, 1.54) is 10.9 Å². The molecule has 2 aromatic heterocycles. The number of ether oxygens (including phenoxy) is 1. The summed E-state index contributed by atoms with van der Waals surface area (Å²) < 4.78 is 6.38. The van der Waals surface area contributed by atoms with Crippen molar-refractivity contribution in [1.29, 1.82) is 5.26 Å². The highest BCUT2D eigenvalue weighted by Crippen LogP contribution is 2.16. The molecule has 0 radical (unpaired) electrons. The van der Waals surface area contributed by atoms with Gasteiger partial charge in [0.15, 0.2) is 5.82 Å². The van der Waals surface area contributed by atoms with Crippen LogP contribution < -0.4 is 10.9 Å². The van der Waals surface area contributed by atoms with Crippen molar-refractivity contribution in [2.24, 2.45) is 0 Å². The van der Waals surface area contributed by atoms with Crippen molar-refractivity contribution < 1.29 is 9.53 Å². The molecule has 3 rings (SSSR count). The number of H-pyrrole nitrogens is 1. The monoisotopic (exact) mass is 405 g/mol. The second-order valence-corrected chi connectivity index (χ2v) is 7.50. The molecular weight excluding hydrogens is 382 g/mol. The average Bonchev–Trinajstić information content (AvgIpc) is 3.13. The molecule has 0 atom stereocenters. The molecule has 0 saturated carbocycles. The molecule has 3 aromatic rings. The Bertz CT molecular complexity index is 1120. The standard InChI is InChI=1S/C22H23N5O3/c1-22(2,10-11-30-3)26-20(28)17-8-9-19(24-13-17)27-21(29)18(14-25-27)16-6-4-15(12-23)5-7-16/h4-9,13-14,25H,10-11H2,1-3H3,(H,26,28). The number of hydrogen-bond acceptors (Lipinski definition) is 5. The maximum absolute atomic E-state index is 12.8. The van der Waals surface area contributed by atoms with Crippen molar-refractivity contribution in [1.82, 2.24) is 20.1 Å². The maximum Gasteiger partial charge on any atom is 0.280 e. The van der Waals surface area contributed by atoms with E-state index < -0.39 is 5.54 Å². The van der Waals surface area contributed by atoms with Crippen molar-refractivity contribution in [2.45, 2.75) is 25.8 Å². The molecule has 8 heteroatoms. The molecule has 1 amide bonds. The fourth-order valence-electron chi connectivity index (χ4n) is 2.92. The Labute approximate surface area is 174 Å². The van der Waals surface area contributed by atoms with Crippen LogP contribution in [-0.4, -0.2) is 39.9 Å². The van der Waals surface area contributed by atoms with Crippen molar-refractivity contribution in [3.05, 3.63) is 70.3 Å². The van der Waals surface area contributed by atoms with Crippen LogP contribution in [-0.2, 0) is 4.74 Å². The Balaban J connectivity index is 1.78. The predicted molar refractivity (Wildman–Crippen MR) is 112 cm³/mol. The second-order valence-electron chi connectivity index (χ2n) is 7.50. The average molecular weight is 405 g/mol. The first kappa shape index (κ1) is 21.0. The normalized spacial score (nSPS) is 11.1. The molecular formula is C22H23N5O3. The Morgan fingerprint density at radius 3 is 2.60 bits per heavy atom. The van der Waals surface area contributed by atoms with E-state index in [-0.39, 0.29) is 11.5 Å². The number of aromatic amines is 1. The SMILES string of the molecule is COCCC(C)(C)NC(=O)c1ccc(-n2[nH]cc(-c3ccc(C#N)cc3)c2=O)nc1. The van der Waals surface area contributed by atoms with Gasteiger partial charge in [-0.2, -0.15) is 5.26 Å². The lowest BCUT2D eigenvalue weighted by molar-refractivity contribution is 0.0887. The Kier molecular flexibility index (Phi) is 6.14. The summed E-state index contributed by atoms with van der Waals surface area (Å²) in [6, 6.07) is 12.0. The first-order valence-corrected chi connectivity index (χ1v) is 9.43. The fraction of sp³-hybridized carbons (Fsp3) is 0.273. The predicted octanol–water partition coefficient (Wildman–Crippen LogP) is 2.64. The van der Waals surface area contributed by atoms with Gasteiger partial charge >= 0.3 is 0 Å². The zero-order valence-corrected chi connectivity index (χ0v) is 17.1. The van der Waals surface area contributed by atoms with Gasteiger partial charge in [0.25, 0.3) is 11.5 Å². The number of benzene rings is 1. The first-order chi connectivity index (χ1) is 14.3. The van der Waals surface area contributed by atoms with Crippen LogP contribution in [0.25, 0.3) is 16.9 Å². The molecule has 0 unspecified atom stereocenters. The molecule has 30 heavy (non-hydrogen) atoms. The van der Waals surface area contributed by atoms with Gasteiger partial charge < -0.3 is 10.1 Å². The topological polar surface area (TPSA) is 113 Å². The van der Waals surface area contributed by atoms with Crippen molar-refractivity contribution in [3.63, 3.8) is 0 Å². The van der Waals surface area contributed by atoms with Crippen molar-refractivity contribution >= 4 is 5.91 Å². The van der Waals surface area contributed by atoms with Crippen LogP contribution in [0, 0.1) is 11.3 Å². The second kappa shape index (κ2) is 8.76. The number of aromatic nitrogens is 3. The minimum Gasteiger partial charge on any atom is -0.385 e. The van der Waals surface area contributed by atoms with Crippen LogP contribution in [0.4, 0.5) is 0 Å². The number of hydrogen-bond donors (Lipinski definition) is 2. The van der Waals surface area contributed by atoms with Crippen LogP contribution in [0.1, 0.15) is 36.2 Å². The fourth-order valence-corrected chi connectivity index (χ4v) is 2.92. The van der Waals surface area contributed by atoms with Crippen LogP contribution in [0.2, 0.25) is 0 Å². The number of carbonyl (C=O) groups excluding carboxylic acids is 1. The Morgan fingerprint density at radius 1 is 1.27 bits per heavy atom. The third-order valence-electron chi connectivity index (χ3n) is 4.72. The largest absolute Gasteiger partial charge is 0.385 e. The third-order valence-corrected chi connectivity index (χ3v) is 4.72. The zero-order chi connectivity index (χ0) is 21.7. The van der Waals surface area contributed by atoms with Gasteiger partial charge in [-0.15, -0.1) is 0 Å². The van der Waals surface area contributed by atoms with Gasteiger partial charge in [0.1, 0.15) is 0 Å². The van der Waals surface area contributed by atoms with Crippen LogP contribution in [0.5, 0.6) is 0 Å². The van der Waals surface area contributed by atoms with Crippen molar-refractivity contribution in [3.8, 4) is 23.0 Å². The number of rotatable bonds is 7. The summed E-state index contributed by atoms with van der Waals surface area (Å²) in [5, 5.41) is 14.7. The van der Waals surface area contributed by atoms with Crippen LogP contribution in [0.15, 0.2) is 53.6 Å². The van der Waals surface area contributed by atoms with E-state index in [0.29, 0.717) is 41.1 Å². The summed E-state index contributed by atoms with van der Waals surface area (Å²) in [4.78, 5) is 29.5. The summed E-state index contributed by atoms with van der Waals surface area (Å²) in [5.74, 6) is 0.127. The summed E-state index contributed by atoms with van der Waals surface area (Å²) in [7, 11) is 1.62. The molecule has 0 spiro atoms. The Morgan fingerprint density at radius 2 is 2.00 bits per heavy atom. The lowest BCUT2D eigenvalue weighted by Gasteiger charge is -2.25. The number of nitrogens with one attached hydrogen (secondary N) is 2. The zero-order valence-electron chi connectivity index (χ0n) is 17.1. The van der Waals surface area contributed by atoms with E-state index in [1.54, 1.807) is 49.7 Å². The minimum absolute atomic E-state index is 0.243. The smallest absolute Gasteiger partial charge is 0.280 e. The van der Waals surface area contributed by atoms with Gasteiger partial charge in [0.2, 0.25) is 0 Å². The number of nitriles is 1. The molecule has 0 fully saturated rings. The van der Waals surface area contributed by atoms with E-state index >= 15 is 0 Å². The molecule has 0 saturated heterocycles. The van der Waals surface area contributed by atoms with Gasteiger partial charge in [-0.05, 0) is 50.1 Å². The van der Waals surface area contributed by atoms with Gasteiger partial charge in [0, 0.05) is 31.6 Å². The number of amides is 1. The quantitative estimate of drug-likeness (QED) is 0.627. The van der Waals surface area contributed by atoms with Crippen LogP contribution in [0.3, 0.4) is 0 Å². The number of nitrogens with zero attached hydrogens (tertiary/aromatic N) is 3. The van der Waals surface area contributed by atoms with Crippen LogP contribution >= 0.6 is 0 Å². The number of carbonyl (C=O) groups is 1. The molecule has 154 valence electrons. The lowest BCUT2D eigenvalue weighted by Crippen LogP contribution is -2.44. The highest BCUT2D eigenvalue weighted by atomic mass is 16.5. The van der Waals surface area contributed by atoms with Gasteiger partial charge in [-0.1, -0.05) is 12.1 Å². The Hall–Kier alpha value is -3.70. The summed E-state index contributed by atoms with van der Waals surface area (Å²) >= 11 is 0. The molecule has 0 aliphatic carbocycles. The molecule has 2 heterocycles. The number of methoxy groups -OCH3 is 1. The molecule has 1 aromatic carbocycles. The summed E-state index contributed by atoms with van der Waals surface area (Å²) in [5.41, 5.74) is 1.39. The van der Waals surface area contributed by atoms with Crippen molar-refractivity contribution in [2.75, 3.05) is 13.7 Å². The molecule has 0 aliphatic rings. The molecule has 8 nitrogen and oxygen atoms in total. The van der Waals surface area contributed by atoms with E-state index in [9.17, 15) is 9.59 Å². The third kappa shape index (κ3) is 4.64. The summed E-state index contributed by atoms with van der Waals surface area (Å²) in [6.07, 6.45) is 3.70. The number of pyridine rings is 1. The highest BCUT2D eigenvalue weighted by Gasteiger charge is 2.21. The first-order valence-electron chi connectivity index (χ1n) is 9.43. The van der Waals surface area contributed by atoms with Gasteiger partial charge in [-0.25, -0.2) is 9.67 Å². The van der Waals surface area contributed by atoms with E-state index in [0.717, 1.165) is 0 Å². The molecule has 2 N–H and O–H groups in total. The molecule has 0 aliphatic heterocycles. The lowest BCUT2D eigenvalue weighted by atomic mass is 10.0. The van der Waals surface area contributed by atoms with E-state index in [4.69, 9.17) is 10.00 Å². The van der Waals surface area contributed by atoms with E-state index in [2.05, 4.69) is 15.4 Å². The highest BCUT2D eigenvalue weighted by molar-refractivity contribution is 5.94. The van der Waals surface area contributed by atoms with Gasteiger partial charge in [0.05, 0.1) is 22.8 Å². The molecule has 0 bridgehead atoms.